The molecule has 0 aliphatic heterocycles. The fourth-order valence-electron chi connectivity index (χ4n) is 5.06. The molecule has 0 spiro atoms. The van der Waals surface area contributed by atoms with Crippen molar-refractivity contribution in [3.05, 3.63) is 34.2 Å². The van der Waals surface area contributed by atoms with E-state index >= 15 is 0 Å². The maximum Gasteiger partial charge on any atom is 0.225 e. The van der Waals surface area contributed by atoms with Crippen molar-refractivity contribution in [2.45, 2.75) is 63.1 Å². The molecule has 35 heavy (non-hydrogen) atoms. The van der Waals surface area contributed by atoms with E-state index in [0.717, 1.165) is 19.3 Å². The summed E-state index contributed by atoms with van der Waals surface area (Å²) in [5.74, 6) is -0.148. The van der Waals surface area contributed by atoms with Crippen LogP contribution >= 0.6 is 23.2 Å². The summed E-state index contributed by atoms with van der Waals surface area (Å²) < 4.78 is 15.7. The van der Waals surface area contributed by atoms with Gasteiger partial charge in [-0.05, 0) is 57.1 Å². The van der Waals surface area contributed by atoms with Crippen LogP contribution in [-0.2, 0) is 4.79 Å². The van der Waals surface area contributed by atoms with Gasteiger partial charge < -0.3 is 21.5 Å². The van der Waals surface area contributed by atoms with E-state index in [-0.39, 0.29) is 34.0 Å². The molecule has 2 heterocycles. The number of benzene rings is 1. The number of anilines is 3. The number of nitrogens with one attached hydrogen (secondary N) is 2. The van der Waals surface area contributed by atoms with E-state index in [9.17, 15) is 14.3 Å². The first-order chi connectivity index (χ1) is 16.8. The molecular weight excluding hydrogens is 496 g/mol. The number of aromatic nitrogens is 4. The van der Waals surface area contributed by atoms with Crippen LogP contribution < -0.4 is 16.4 Å². The Kier molecular flexibility index (Phi) is 6.69. The van der Waals surface area contributed by atoms with Crippen molar-refractivity contribution in [3.8, 4) is 0 Å². The number of amides is 1. The third kappa shape index (κ3) is 4.87. The Morgan fingerprint density at radius 2 is 1.83 bits per heavy atom. The minimum absolute atomic E-state index is 0.0177. The Hall–Kier alpha value is -2.69. The Labute approximate surface area is 211 Å². The first kappa shape index (κ1) is 24.0. The van der Waals surface area contributed by atoms with Crippen molar-refractivity contribution in [3.63, 3.8) is 0 Å². The molecule has 186 valence electrons. The molecule has 2 aliphatic rings. The largest absolute Gasteiger partial charge is 0.391 e. The van der Waals surface area contributed by atoms with Crippen LogP contribution in [0.25, 0.3) is 11.2 Å². The molecule has 2 aromatic heterocycles. The van der Waals surface area contributed by atoms with Gasteiger partial charge in [0.15, 0.2) is 5.65 Å². The Morgan fingerprint density at radius 3 is 2.46 bits per heavy atom. The normalized spacial score (nSPS) is 24.6. The number of nitrogens with zero attached hydrogens (tertiary/aromatic N) is 4. The maximum atomic E-state index is 13.7. The summed E-state index contributed by atoms with van der Waals surface area (Å²) in [5.41, 5.74) is 7.00. The van der Waals surface area contributed by atoms with Gasteiger partial charge in [0.1, 0.15) is 11.3 Å². The van der Waals surface area contributed by atoms with Crippen LogP contribution in [0.2, 0.25) is 10.0 Å². The van der Waals surface area contributed by atoms with Crippen LogP contribution in [0.1, 0.15) is 51.0 Å². The topological polar surface area (TPSA) is 131 Å². The van der Waals surface area contributed by atoms with Gasteiger partial charge in [-0.3, -0.25) is 9.36 Å². The number of hydrogen-bond acceptors (Lipinski definition) is 7. The zero-order valence-corrected chi connectivity index (χ0v) is 20.4. The fourth-order valence-corrected chi connectivity index (χ4v) is 5.62. The number of imidazole rings is 1. The molecule has 5 rings (SSSR count). The first-order valence-corrected chi connectivity index (χ1v) is 12.5. The lowest BCUT2D eigenvalue weighted by molar-refractivity contribution is -0.122. The molecular formula is C23H26Cl2FN7O2. The number of fused-ring (bicyclic) bond motifs is 1. The number of aliphatic hydroxyl groups excluding tert-OH is 1. The zero-order chi connectivity index (χ0) is 24.7. The summed E-state index contributed by atoms with van der Waals surface area (Å²) in [7, 11) is 0. The van der Waals surface area contributed by atoms with E-state index in [1.807, 2.05) is 4.57 Å². The number of carbonyl (C=O) groups is 1. The molecule has 0 saturated heterocycles. The number of carbonyl (C=O) groups excluding carboxylic acids is 1. The van der Waals surface area contributed by atoms with E-state index in [0.29, 0.717) is 54.4 Å². The molecule has 1 amide bonds. The summed E-state index contributed by atoms with van der Waals surface area (Å²) >= 11 is 12.5. The molecule has 1 unspecified atom stereocenters. The molecule has 1 aromatic carbocycles. The quantitative estimate of drug-likeness (QED) is 0.373. The van der Waals surface area contributed by atoms with Crippen molar-refractivity contribution in [2.75, 3.05) is 10.6 Å². The zero-order valence-electron chi connectivity index (χ0n) is 18.8. The molecule has 2 aliphatic carbocycles. The maximum absolute atomic E-state index is 13.7. The average molecular weight is 522 g/mol. The molecule has 2 fully saturated rings. The van der Waals surface area contributed by atoms with E-state index in [1.165, 1.54) is 12.1 Å². The van der Waals surface area contributed by atoms with Crippen molar-refractivity contribution >= 4 is 57.9 Å². The van der Waals surface area contributed by atoms with Crippen LogP contribution in [0, 0.1) is 11.7 Å². The van der Waals surface area contributed by atoms with Gasteiger partial charge >= 0.3 is 0 Å². The molecule has 3 aromatic rings. The third-order valence-corrected chi connectivity index (χ3v) is 7.53. The van der Waals surface area contributed by atoms with Gasteiger partial charge in [-0.1, -0.05) is 23.2 Å². The molecule has 0 bridgehead atoms. The number of rotatable bonds is 6. The summed E-state index contributed by atoms with van der Waals surface area (Å²) in [6.45, 7) is 0. The second-order valence-corrected chi connectivity index (χ2v) is 10.0. The van der Waals surface area contributed by atoms with Gasteiger partial charge in [-0.25, -0.2) is 14.4 Å². The highest BCUT2D eigenvalue weighted by Crippen LogP contribution is 2.39. The van der Waals surface area contributed by atoms with Crippen LogP contribution in [0.3, 0.4) is 0 Å². The average Bonchev–Trinajstić information content (AvgIpc) is 3.38. The SMILES string of the molecule is NC(=O)[C@H]1CC[C@@H](n2c(Nc3c(Cl)cc(F)cc3Cl)nc3cnc(NC4CCC[C@H]4O)nc32)CC1. The number of primary amides is 1. The van der Waals surface area contributed by atoms with Gasteiger partial charge in [-0.2, -0.15) is 4.98 Å². The minimum Gasteiger partial charge on any atom is -0.391 e. The molecule has 2 atom stereocenters. The lowest BCUT2D eigenvalue weighted by Crippen LogP contribution is -2.29. The number of nitrogens with two attached hydrogens (primary N) is 1. The van der Waals surface area contributed by atoms with Crippen molar-refractivity contribution in [1.29, 1.82) is 0 Å². The van der Waals surface area contributed by atoms with Crippen LogP contribution in [0.4, 0.5) is 22.0 Å². The highest BCUT2D eigenvalue weighted by atomic mass is 35.5. The van der Waals surface area contributed by atoms with E-state index < -0.39 is 11.9 Å². The van der Waals surface area contributed by atoms with E-state index in [4.69, 9.17) is 33.9 Å². The second-order valence-electron chi connectivity index (χ2n) is 9.23. The summed E-state index contributed by atoms with van der Waals surface area (Å²) in [5, 5.41) is 16.8. The number of halogens is 3. The highest BCUT2D eigenvalue weighted by molar-refractivity contribution is 6.39. The Morgan fingerprint density at radius 1 is 1.11 bits per heavy atom. The molecule has 2 saturated carbocycles. The van der Waals surface area contributed by atoms with Gasteiger partial charge in [0.2, 0.25) is 17.8 Å². The summed E-state index contributed by atoms with van der Waals surface area (Å²) in [4.78, 5) is 25.5. The lowest BCUT2D eigenvalue weighted by Gasteiger charge is -2.29. The Balaban J connectivity index is 1.54. The minimum atomic E-state index is -0.542. The lowest BCUT2D eigenvalue weighted by atomic mass is 9.85. The monoisotopic (exact) mass is 521 g/mol. The van der Waals surface area contributed by atoms with Crippen LogP contribution in [-0.4, -0.2) is 42.7 Å². The fraction of sp³-hybridized carbons (Fsp3) is 0.478. The molecule has 5 N–H and O–H groups in total. The van der Waals surface area contributed by atoms with Crippen molar-refractivity contribution < 1.29 is 14.3 Å². The Bertz CT molecular complexity index is 1240. The van der Waals surface area contributed by atoms with Crippen LogP contribution in [0.15, 0.2) is 18.3 Å². The summed E-state index contributed by atoms with van der Waals surface area (Å²) in [6.07, 6.45) is 6.42. The molecule has 0 radical (unpaired) electrons. The van der Waals surface area contributed by atoms with Gasteiger partial charge in [0.25, 0.3) is 0 Å². The molecule has 9 nitrogen and oxygen atoms in total. The second kappa shape index (κ2) is 9.75. The van der Waals surface area contributed by atoms with Crippen molar-refractivity contribution in [1.82, 2.24) is 19.5 Å². The summed E-state index contributed by atoms with van der Waals surface area (Å²) in [6, 6.07) is 2.23. The molecule has 12 heteroatoms. The third-order valence-electron chi connectivity index (χ3n) is 6.93. The van der Waals surface area contributed by atoms with Crippen molar-refractivity contribution in [2.24, 2.45) is 11.7 Å². The van der Waals surface area contributed by atoms with E-state index in [2.05, 4.69) is 20.6 Å². The van der Waals surface area contributed by atoms with E-state index in [1.54, 1.807) is 6.20 Å². The predicted octanol–water partition coefficient (Wildman–Crippen LogP) is 4.56. The number of hydrogen-bond donors (Lipinski definition) is 4. The number of aliphatic hydroxyl groups is 1. The van der Waals surface area contributed by atoms with Gasteiger partial charge in [0, 0.05) is 12.0 Å². The predicted molar refractivity (Wildman–Crippen MR) is 132 cm³/mol. The van der Waals surface area contributed by atoms with Crippen LogP contribution in [0.5, 0.6) is 0 Å². The standard InChI is InChI=1S/C23H26Cl2FN7O2/c24-14-8-12(26)9-15(25)19(14)31-23-30-17-10-28-22(29-16-2-1-3-18(16)34)32-21(17)33(23)13-6-4-11(5-7-13)20(27)35/h8-11,13,16,18,34H,1-7H2,(H2,27,35)(H,30,31)(H,28,29,32)/t11-,13+,16?,18-/m1/s1. The smallest absolute Gasteiger partial charge is 0.225 e. The highest BCUT2D eigenvalue weighted by Gasteiger charge is 2.30. The first-order valence-electron chi connectivity index (χ1n) is 11.7. The van der Waals surface area contributed by atoms with Gasteiger partial charge in [-0.15, -0.1) is 0 Å². The van der Waals surface area contributed by atoms with Gasteiger partial charge in [0.05, 0.1) is 34.1 Å².